The Hall–Kier alpha value is -4.78. The second-order valence-corrected chi connectivity index (χ2v) is 13.8. The van der Waals surface area contributed by atoms with Crippen LogP contribution in [0.5, 0.6) is 0 Å². The summed E-state index contributed by atoms with van der Waals surface area (Å²) >= 11 is 19.3. The van der Waals surface area contributed by atoms with Crippen molar-refractivity contribution >= 4 is 43.3 Å². The number of hydrogen-bond acceptors (Lipinski definition) is 3. The van der Waals surface area contributed by atoms with Crippen molar-refractivity contribution < 1.29 is 4.48 Å². The second-order valence-electron chi connectivity index (χ2n) is 12.7. The molecule has 7 rings (SSSR count). The third kappa shape index (κ3) is 5.53. The van der Waals surface area contributed by atoms with E-state index in [0.29, 0.717) is 14.3 Å². The van der Waals surface area contributed by atoms with Crippen LogP contribution in [0.1, 0.15) is 55.6 Å². The van der Waals surface area contributed by atoms with Crippen LogP contribution in [0.4, 0.5) is 0 Å². The number of rotatable bonds is 10. The van der Waals surface area contributed by atoms with Crippen LogP contribution in [0.2, 0.25) is 0 Å². The molecule has 8 nitrogen and oxygen atoms in total. The first-order chi connectivity index (χ1) is 23.7. The van der Waals surface area contributed by atoms with Crippen LogP contribution in [0.25, 0.3) is 0 Å². The standard InChI is InChI=1S/C37H39BN8S3/c1-29(32-14-8-5-9-15-32)41-22-25-44(35(41)47)38(40-21-20-39(4)28-40,45-26-23-42(36(45)48)30(2)33-16-10-6-11-17-33)46-27-24-43(37(46)49)31(3)34-18-12-7-13-19-34/h5-31H,1-4H3/t29-,30-,31-/m0/s1. The van der Waals surface area contributed by atoms with Crippen molar-refractivity contribution in [3.8, 4) is 0 Å². The molecule has 0 radical (unpaired) electrons. The fraction of sp³-hybridized carbons (Fsp3) is 0.189. The van der Waals surface area contributed by atoms with Crippen LogP contribution >= 0.6 is 36.7 Å². The molecule has 4 aromatic heterocycles. The molecular formula is C37H39BN8S3. The van der Waals surface area contributed by atoms with Crippen molar-refractivity contribution in [3.05, 3.63) is 178 Å². The van der Waals surface area contributed by atoms with Crippen molar-refractivity contribution in [1.29, 1.82) is 0 Å². The lowest BCUT2D eigenvalue weighted by atomic mass is 9.72. The molecule has 0 aliphatic rings. The van der Waals surface area contributed by atoms with Gasteiger partial charge in [0.2, 0.25) is 6.33 Å². The predicted octanol–water partition coefficient (Wildman–Crippen LogP) is 8.07. The molecule has 0 amide bonds. The van der Waals surface area contributed by atoms with E-state index in [1.807, 2.05) is 36.0 Å². The summed E-state index contributed by atoms with van der Waals surface area (Å²) in [5, 5.41) is 0. The molecule has 0 N–H and O–H groups in total. The lowest BCUT2D eigenvalue weighted by molar-refractivity contribution is -0.555. The van der Waals surface area contributed by atoms with Crippen LogP contribution in [0, 0.1) is 14.3 Å². The fourth-order valence-electron chi connectivity index (χ4n) is 7.07. The van der Waals surface area contributed by atoms with Crippen molar-refractivity contribution in [2.75, 3.05) is 0 Å². The van der Waals surface area contributed by atoms with E-state index >= 15 is 0 Å². The molecule has 248 valence electrons. The Morgan fingerprint density at radius 2 is 0.816 bits per heavy atom. The van der Waals surface area contributed by atoms with Gasteiger partial charge in [-0.3, -0.25) is 0 Å². The molecule has 3 atom stereocenters. The minimum absolute atomic E-state index is 0.00410. The van der Waals surface area contributed by atoms with Gasteiger partial charge in [-0.05, 0) is 92.7 Å². The van der Waals surface area contributed by atoms with Gasteiger partial charge in [0, 0.05) is 18.6 Å². The smallest absolute Gasteiger partial charge is 0.418 e. The largest absolute Gasteiger partial charge is 0.509 e. The van der Waals surface area contributed by atoms with Crippen molar-refractivity contribution in [1.82, 2.24) is 31.7 Å². The maximum Gasteiger partial charge on any atom is 0.509 e. The highest BCUT2D eigenvalue weighted by Crippen LogP contribution is 2.26. The van der Waals surface area contributed by atoms with E-state index in [2.05, 4.69) is 175 Å². The average Bonchev–Trinajstić information content (AvgIpc) is 3.94. The summed E-state index contributed by atoms with van der Waals surface area (Å²) in [6.45, 7) is 4.27. The topological polar surface area (TPSA) is 38.4 Å². The number of aryl methyl sites for hydroxylation is 1. The van der Waals surface area contributed by atoms with Gasteiger partial charge >= 0.3 is 6.69 Å². The summed E-state index contributed by atoms with van der Waals surface area (Å²) in [5.41, 5.74) is 3.50. The van der Waals surface area contributed by atoms with Gasteiger partial charge < -0.3 is 31.6 Å². The summed E-state index contributed by atoms with van der Waals surface area (Å²) in [5.74, 6) is 0. The lowest BCUT2D eigenvalue weighted by Crippen LogP contribution is -2.78. The van der Waals surface area contributed by atoms with E-state index in [9.17, 15) is 0 Å². The summed E-state index contributed by atoms with van der Waals surface area (Å²) in [6.07, 6.45) is 18.6. The molecular weight excluding hydrogens is 663 g/mol. The van der Waals surface area contributed by atoms with E-state index in [1.165, 1.54) is 16.7 Å². The first-order valence-electron chi connectivity index (χ1n) is 16.5. The second kappa shape index (κ2) is 13.3. The highest BCUT2D eigenvalue weighted by Gasteiger charge is 2.44. The van der Waals surface area contributed by atoms with Crippen LogP contribution in [-0.2, 0) is 7.05 Å². The predicted molar refractivity (Wildman–Crippen MR) is 203 cm³/mol. The minimum Gasteiger partial charge on any atom is -0.418 e. The van der Waals surface area contributed by atoms with E-state index < -0.39 is 6.69 Å². The fourth-order valence-corrected chi connectivity index (χ4v) is 8.34. The summed E-state index contributed by atoms with van der Waals surface area (Å²) < 4.78 is 19.1. The Kier molecular flexibility index (Phi) is 8.87. The molecule has 12 heteroatoms. The monoisotopic (exact) mass is 702 g/mol. The van der Waals surface area contributed by atoms with Gasteiger partial charge in [0.05, 0.1) is 31.4 Å². The van der Waals surface area contributed by atoms with Gasteiger partial charge in [-0.25, -0.2) is 4.57 Å². The Morgan fingerprint density at radius 3 is 1.10 bits per heavy atom. The molecule has 0 spiro atoms. The van der Waals surface area contributed by atoms with Crippen molar-refractivity contribution in [2.24, 2.45) is 7.05 Å². The lowest BCUT2D eigenvalue weighted by Gasteiger charge is -2.40. The van der Waals surface area contributed by atoms with Crippen LogP contribution < -0.4 is 4.48 Å². The zero-order valence-electron chi connectivity index (χ0n) is 28.0. The molecule has 7 aromatic rings. The Balaban J connectivity index is 1.53. The van der Waals surface area contributed by atoms with E-state index in [4.69, 9.17) is 36.7 Å². The SMILES string of the molecule is C[C@@H](c1ccccc1)n1ccn([B-](n2ccn([C@@H](C)c3ccccc3)c2=S)(n2ccn([C@@H](C)c3ccccc3)c2=S)[n+]2ccn(C)c2)c1=S. The van der Waals surface area contributed by atoms with Gasteiger partial charge in [0.15, 0.2) is 0 Å². The summed E-state index contributed by atoms with van der Waals surface area (Å²) in [4.78, 5) is 0. The number of nitrogens with zero attached hydrogens (tertiary/aromatic N) is 8. The molecule has 0 bridgehead atoms. The zero-order valence-corrected chi connectivity index (χ0v) is 30.4. The maximum absolute atomic E-state index is 6.43. The highest BCUT2D eigenvalue weighted by molar-refractivity contribution is 7.71. The van der Waals surface area contributed by atoms with Crippen LogP contribution in [0.15, 0.2) is 147 Å². The van der Waals surface area contributed by atoms with Crippen molar-refractivity contribution in [3.63, 3.8) is 0 Å². The van der Waals surface area contributed by atoms with Crippen LogP contribution in [0.3, 0.4) is 0 Å². The quantitative estimate of drug-likeness (QED) is 0.107. The van der Waals surface area contributed by atoms with Gasteiger partial charge in [0.1, 0.15) is 20.5 Å². The summed E-state index contributed by atoms with van der Waals surface area (Å²) in [7, 11) is 2.02. The molecule has 0 saturated heterocycles. The highest BCUT2D eigenvalue weighted by atomic mass is 32.1. The molecule has 0 fully saturated rings. The number of imidazole rings is 4. The molecule has 3 aromatic carbocycles. The van der Waals surface area contributed by atoms with Crippen LogP contribution in [-0.4, -0.2) is 38.4 Å². The molecule has 0 saturated carbocycles. The van der Waals surface area contributed by atoms with Gasteiger partial charge in [0.25, 0.3) is 0 Å². The Bertz CT molecular complexity index is 2140. The maximum atomic E-state index is 6.43. The molecule has 0 unspecified atom stereocenters. The van der Waals surface area contributed by atoms with E-state index in [-0.39, 0.29) is 18.1 Å². The first kappa shape index (κ1) is 32.8. The van der Waals surface area contributed by atoms with E-state index in [0.717, 1.165) is 0 Å². The zero-order chi connectivity index (χ0) is 34.3. The summed E-state index contributed by atoms with van der Waals surface area (Å²) in [6, 6.07) is 31.3. The average molecular weight is 703 g/mol. The van der Waals surface area contributed by atoms with E-state index in [1.54, 1.807) is 0 Å². The normalized spacial score (nSPS) is 13.7. The molecule has 49 heavy (non-hydrogen) atoms. The molecule has 0 aliphatic carbocycles. The van der Waals surface area contributed by atoms with Gasteiger partial charge in [-0.1, -0.05) is 91.0 Å². The van der Waals surface area contributed by atoms with Gasteiger partial charge in [-0.15, -0.1) is 0 Å². The molecule has 4 heterocycles. The first-order valence-corrected chi connectivity index (χ1v) is 17.7. The minimum atomic E-state index is -2.25. The Labute approximate surface area is 302 Å². The third-order valence-electron chi connectivity index (χ3n) is 9.90. The Morgan fingerprint density at radius 1 is 0.490 bits per heavy atom. The van der Waals surface area contributed by atoms with Gasteiger partial charge in [-0.2, -0.15) is 0 Å². The number of aromatic nitrogens is 8. The van der Waals surface area contributed by atoms with Crippen molar-refractivity contribution in [2.45, 2.75) is 38.9 Å². The third-order valence-corrected chi connectivity index (χ3v) is 11.2. The number of hydrogen-bond donors (Lipinski definition) is 0. The molecule has 0 aliphatic heterocycles. The number of benzene rings is 3.